The number of hydrogen-bond acceptors (Lipinski definition) is 4. The van der Waals surface area contributed by atoms with Crippen molar-refractivity contribution in [2.45, 2.75) is 13.3 Å². The summed E-state index contributed by atoms with van der Waals surface area (Å²) in [4.78, 5) is 28.5. The van der Waals surface area contributed by atoms with Crippen LogP contribution in [0.1, 0.15) is 23.7 Å². The molecule has 142 valence electrons. The number of benzene rings is 2. The number of nitrogens with one attached hydrogen (secondary N) is 1. The Kier molecular flexibility index (Phi) is 5.96. The Balaban J connectivity index is 1.65. The summed E-state index contributed by atoms with van der Waals surface area (Å²) in [5, 5.41) is 2.80. The summed E-state index contributed by atoms with van der Waals surface area (Å²) >= 11 is 0. The van der Waals surface area contributed by atoms with E-state index in [1.165, 1.54) is 0 Å². The molecule has 2 aromatic carbocycles. The lowest BCUT2D eigenvalue weighted by molar-refractivity contribution is -0.115. The first-order valence-corrected chi connectivity index (χ1v) is 9.19. The summed E-state index contributed by atoms with van der Waals surface area (Å²) in [6, 6.07) is 15.0. The Bertz CT molecular complexity index is 814. The molecule has 1 aliphatic heterocycles. The number of hydrogen-bond donors (Lipinski definition) is 1. The van der Waals surface area contributed by atoms with E-state index >= 15 is 0 Å². The van der Waals surface area contributed by atoms with Crippen molar-refractivity contribution in [1.29, 1.82) is 0 Å². The second kappa shape index (κ2) is 8.58. The molecule has 6 heteroatoms. The molecule has 0 aliphatic carbocycles. The minimum Gasteiger partial charge on any atom is -0.495 e. The Morgan fingerprint density at radius 2 is 1.78 bits per heavy atom. The van der Waals surface area contributed by atoms with Crippen molar-refractivity contribution < 1.29 is 14.3 Å². The highest BCUT2D eigenvalue weighted by Crippen LogP contribution is 2.28. The summed E-state index contributed by atoms with van der Waals surface area (Å²) < 4.78 is 5.44. The topological polar surface area (TPSA) is 61.9 Å². The van der Waals surface area contributed by atoms with Gasteiger partial charge in [0.05, 0.1) is 12.8 Å². The molecular formula is C21H25N3O3. The van der Waals surface area contributed by atoms with Gasteiger partial charge in [0.1, 0.15) is 5.75 Å². The number of amides is 2. The van der Waals surface area contributed by atoms with Crippen molar-refractivity contribution in [2.75, 3.05) is 43.5 Å². The molecule has 1 heterocycles. The molecule has 0 unspecified atom stereocenters. The van der Waals surface area contributed by atoms with E-state index in [9.17, 15) is 9.59 Å². The van der Waals surface area contributed by atoms with Gasteiger partial charge in [-0.15, -0.1) is 0 Å². The van der Waals surface area contributed by atoms with Gasteiger partial charge in [0.25, 0.3) is 5.91 Å². The number of carbonyl (C=O) groups is 2. The van der Waals surface area contributed by atoms with Crippen LogP contribution in [0.25, 0.3) is 0 Å². The molecule has 3 rings (SSSR count). The van der Waals surface area contributed by atoms with Gasteiger partial charge in [-0.2, -0.15) is 0 Å². The maximum Gasteiger partial charge on any atom is 0.254 e. The zero-order chi connectivity index (χ0) is 19.2. The van der Waals surface area contributed by atoms with Gasteiger partial charge in [-0.1, -0.05) is 25.1 Å². The molecule has 2 aromatic rings. The van der Waals surface area contributed by atoms with Crippen molar-refractivity contribution in [1.82, 2.24) is 4.90 Å². The van der Waals surface area contributed by atoms with Crippen LogP contribution in [0.2, 0.25) is 0 Å². The highest BCUT2D eigenvalue weighted by Gasteiger charge is 2.23. The Labute approximate surface area is 159 Å². The fraction of sp³-hybridized carbons (Fsp3) is 0.333. The number of piperazine rings is 1. The molecule has 2 amide bonds. The molecular weight excluding hydrogens is 342 g/mol. The highest BCUT2D eigenvalue weighted by atomic mass is 16.5. The highest BCUT2D eigenvalue weighted by molar-refractivity contribution is 5.97. The average Bonchev–Trinajstić information content (AvgIpc) is 2.73. The molecule has 6 nitrogen and oxygen atoms in total. The Hall–Kier alpha value is -3.02. The predicted molar refractivity (Wildman–Crippen MR) is 106 cm³/mol. The fourth-order valence-corrected chi connectivity index (χ4v) is 3.20. The van der Waals surface area contributed by atoms with E-state index in [4.69, 9.17) is 4.74 Å². The molecule has 1 saturated heterocycles. The van der Waals surface area contributed by atoms with Gasteiger partial charge in [0.15, 0.2) is 0 Å². The molecule has 0 saturated carbocycles. The lowest BCUT2D eigenvalue weighted by Crippen LogP contribution is -2.48. The normalized spacial score (nSPS) is 14.0. The number of rotatable bonds is 5. The van der Waals surface area contributed by atoms with Crippen LogP contribution >= 0.6 is 0 Å². The van der Waals surface area contributed by atoms with Crippen molar-refractivity contribution in [3.63, 3.8) is 0 Å². The Morgan fingerprint density at radius 3 is 2.48 bits per heavy atom. The second-order valence-corrected chi connectivity index (χ2v) is 6.43. The van der Waals surface area contributed by atoms with Crippen molar-refractivity contribution in [2.24, 2.45) is 0 Å². The van der Waals surface area contributed by atoms with Gasteiger partial charge in [-0.25, -0.2) is 0 Å². The zero-order valence-electron chi connectivity index (χ0n) is 15.8. The summed E-state index contributed by atoms with van der Waals surface area (Å²) in [6.45, 7) is 4.58. The smallest absolute Gasteiger partial charge is 0.254 e. The Morgan fingerprint density at radius 1 is 1.04 bits per heavy atom. The predicted octanol–water partition coefficient (Wildman–Crippen LogP) is 3.01. The summed E-state index contributed by atoms with van der Waals surface area (Å²) in [7, 11) is 1.67. The van der Waals surface area contributed by atoms with E-state index in [1.807, 2.05) is 29.2 Å². The van der Waals surface area contributed by atoms with Gasteiger partial charge in [-0.05, 0) is 30.3 Å². The van der Waals surface area contributed by atoms with Gasteiger partial charge >= 0.3 is 0 Å². The minimum atomic E-state index is -0.0648. The summed E-state index contributed by atoms with van der Waals surface area (Å²) in [5.74, 6) is 0.768. The molecule has 1 N–H and O–H groups in total. The standard InChI is InChI=1S/C21H25N3O3/c1-3-20(25)22-17-8-6-7-16(15-17)21(26)24-13-11-23(12-14-24)18-9-4-5-10-19(18)27-2/h4-10,15H,3,11-14H2,1-2H3,(H,22,25). The quantitative estimate of drug-likeness (QED) is 0.882. The lowest BCUT2D eigenvalue weighted by atomic mass is 10.1. The summed E-state index contributed by atoms with van der Waals surface area (Å²) in [5.41, 5.74) is 2.30. The maximum absolute atomic E-state index is 12.8. The number of methoxy groups -OCH3 is 1. The zero-order valence-corrected chi connectivity index (χ0v) is 15.8. The van der Waals surface area contributed by atoms with Crippen molar-refractivity contribution >= 4 is 23.2 Å². The first-order chi connectivity index (χ1) is 13.1. The lowest BCUT2D eigenvalue weighted by Gasteiger charge is -2.36. The van der Waals surface area contributed by atoms with Crippen LogP contribution in [0.4, 0.5) is 11.4 Å². The fourth-order valence-electron chi connectivity index (χ4n) is 3.20. The van der Waals surface area contributed by atoms with Crippen LogP contribution in [0.3, 0.4) is 0 Å². The van der Waals surface area contributed by atoms with Crippen LogP contribution in [0.15, 0.2) is 48.5 Å². The number of nitrogens with zero attached hydrogens (tertiary/aromatic N) is 2. The van der Waals surface area contributed by atoms with E-state index in [0.29, 0.717) is 30.8 Å². The number of para-hydroxylation sites is 2. The second-order valence-electron chi connectivity index (χ2n) is 6.43. The number of carbonyl (C=O) groups excluding carboxylic acids is 2. The van der Waals surface area contributed by atoms with Gasteiger partial charge in [0, 0.05) is 43.9 Å². The first-order valence-electron chi connectivity index (χ1n) is 9.19. The average molecular weight is 367 g/mol. The van der Waals surface area contributed by atoms with E-state index in [0.717, 1.165) is 24.5 Å². The van der Waals surface area contributed by atoms with Crippen LogP contribution in [0, 0.1) is 0 Å². The molecule has 1 fully saturated rings. The third kappa shape index (κ3) is 4.39. The van der Waals surface area contributed by atoms with Gasteiger partial charge < -0.3 is 19.9 Å². The van der Waals surface area contributed by atoms with Gasteiger partial charge in [0.2, 0.25) is 5.91 Å². The van der Waals surface area contributed by atoms with Gasteiger partial charge in [-0.3, -0.25) is 9.59 Å². The third-order valence-electron chi connectivity index (χ3n) is 4.71. The largest absolute Gasteiger partial charge is 0.495 e. The van der Waals surface area contributed by atoms with Crippen LogP contribution < -0.4 is 15.0 Å². The molecule has 0 radical (unpaired) electrons. The van der Waals surface area contributed by atoms with E-state index in [1.54, 1.807) is 38.3 Å². The first kappa shape index (κ1) is 18.8. The molecule has 0 aromatic heterocycles. The van der Waals surface area contributed by atoms with E-state index < -0.39 is 0 Å². The number of anilines is 2. The maximum atomic E-state index is 12.8. The van der Waals surface area contributed by atoms with Crippen molar-refractivity contribution in [3.05, 3.63) is 54.1 Å². The van der Waals surface area contributed by atoms with E-state index in [2.05, 4.69) is 10.2 Å². The molecule has 0 bridgehead atoms. The molecule has 1 aliphatic rings. The molecule has 0 atom stereocenters. The minimum absolute atomic E-state index is 0.0118. The monoisotopic (exact) mass is 367 g/mol. The van der Waals surface area contributed by atoms with E-state index in [-0.39, 0.29) is 11.8 Å². The van der Waals surface area contributed by atoms with Crippen molar-refractivity contribution in [3.8, 4) is 5.75 Å². The molecule has 27 heavy (non-hydrogen) atoms. The van der Waals surface area contributed by atoms with Crippen LogP contribution in [-0.4, -0.2) is 50.0 Å². The molecule has 0 spiro atoms. The number of ether oxygens (including phenoxy) is 1. The third-order valence-corrected chi connectivity index (χ3v) is 4.71. The SMILES string of the molecule is CCC(=O)Nc1cccc(C(=O)N2CCN(c3ccccc3OC)CC2)c1. The van der Waals surface area contributed by atoms with Crippen LogP contribution in [-0.2, 0) is 4.79 Å². The van der Waals surface area contributed by atoms with Crippen LogP contribution in [0.5, 0.6) is 5.75 Å². The summed E-state index contributed by atoms with van der Waals surface area (Å²) in [6.07, 6.45) is 0.406.